The number of halogens is 1. The Hall–Kier alpha value is -4.28. The maximum absolute atomic E-state index is 14.5. The average Bonchev–Trinajstić information content (AvgIpc) is 3.50. The van der Waals surface area contributed by atoms with Crippen LogP contribution in [0.5, 0.6) is 0 Å². The van der Waals surface area contributed by atoms with E-state index in [0.29, 0.717) is 22.0 Å². The Morgan fingerprint density at radius 2 is 2.00 bits per heavy atom. The molecule has 2 amide bonds. The number of ether oxygens (including phenoxy) is 1. The van der Waals surface area contributed by atoms with Gasteiger partial charge in [0.05, 0.1) is 28.9 Å². The fourth-order valence-corrected chi connectivity index (χ4v) is 6.49. The highest BCUT2D eigenvalue weighted by Crippen LogP contribution is 2.54. The number of rotatable bonds is 5. The van der Waals surface area contributed by atoms with Crippen molar-refractivity contribution in [1.29, 1.82) is 0 Å². The van der Waals surface area contributed by atoms with Crippen LogP contribution in [0.15, 0.2) is 64.3 Å². The monoisotopic (exact) mass is 561 g/mol. The van der Waals surface area contributed by atoms with Crippen molar-refractivity contribution in [2.45, 2.75) is 19.4 Å². The summed E-state index contributed by atoms with van der Waals surface area (Å²) in [6.45, 7) is 7.35. The molecule has 2 aromatic heterocycles. The van der Waals surface area contributed by atoms with Crippen molar-refractivity contribution in [2.24, 2.45) is 0 Å². The summed E-state index contributed by atoms with van der Waals surface area (Å²) in [6.07, 6.45) is 1.56. The van der Waals surface area contributed by atoms with Gasteiger partial charge in [0, 0.05) is 17.1 Å². The number of hydrogen-bond donors (Lipinski definition) is 0. The summed E-state index contributed by atoms with van der Waals surface area (Å²) < 4.78 is 11.2. The van der Waals surface area contributed by atoms with E-state index in [4.69, 9.17) is 20.8 Å². The van der Waals surface area contributed by atoms with Crippen molar-refractivity contribution in [2.75, 3.05) is 23.0 Å². The topological polar surface area (TPSA) is 110 Å². The van der Waals surface area contributed by atoms with E-state index < -0.39 is 28.8 Å². The molecule has 0 radical (unpaired) electrons. The van der Waals surface area contributed by atoms with Gasteiger partial charge in [-0.1, -0.05) is 47.2 Å². The number of aryl methyl sites for hydroxylation is 1. The fraction of sp³-hybridized carbons (Fsp3) is 0.179. The number of thiazole rings is 1. The molecule has 0 fully saturated rings. The Morgan fingerprint density at radius 3 is 2.74 bits per heavy atom. The third-order valence-electron chi connectivity index (χ3n) is 6.84. The molecule has 39 heavy (non-hydrogen) atoms. The van der Waals surface area contributed by atoms with Crippen molar-refractivity contribution in [3.63, 3.8) is 0 Å². The molecule has 4 aromatic rings. The van der Waals surface area contributed by atoms with Crippen LogP contribution in [0.1, 0.15) is 44.0 Å². The predicted octanol–water partition coefficient (Wildman–Crippen LogP) is 4.82. The van der Waals surface area contributed by atoms with Crippen LogP contribution in [-0.4, -0.2) is 35.9 Å². The molecule has 0 saturated carbocycles. The van der Waals surface area contributed by atoms with E-state index in [1.165, 1.54) is 21.9 Å². The minimum absolute atomic E-state index is 0.0528. The number of fused-ring (bicyclic) bond motifs is 5. The Kier molecular flexibility index (Phi) is 5.70. The van der Waals surface area contributed by atoms with Gasteiger partial charge in [0.25, 0.3) is 11.8 Å². The number of aromatic nitrogens is 1. The number of carbonyl (C=O) groups excluding carboxylic acids is 3. The molecule has 0 saturated heterocycles. The second-order valence-electron chi connectivity index (χ2n) is 8.98. The quantitative estimate of drug-likeness (QED) is 0.254. The first-order chi connectivity index (χ1) is 18.7. The molecule has 196 valence electrons. The lowest BCUT2D eigenvalue weighted by Gasteiger charge is -2.32. The van der Waals surface area contributed by atoms with Gasteiger partial charge in [0.2, 0.25) is 5.76 Å². The first-order valence-electron chi connectivity index (χ1n) is 12.0. The van der Waals surface area contributed by atoms with Gasteiger partial charge in [-0.3, -0.25) is 19.3 Å². The number of para-hydroxylation sites is 1. The lowest BCUT2D eigenvalue weighted by Crippen LogP contribution is -2.53. The highest BCUT2D eigenvalue weighted by molar-refractivity contribution is 7.17. The number of amides is 2. The van der Waals surface area contributed by atoms with Crippen LogP contribution in [0.2, 0.25) is 5.02 Å². The molecule has 6 rings (SSSR count). The van der Waals surface area contributed by atoms with Gasteiger partial charge in [-0.15, -0.1) is 6.58 Å². The molecule has 0 N–H and O–H groups in total. The molecule has 4 heterocycles. The lowest BCUT2D eigenvalue weighted by atomic mass is 9.84. The summed E-state index contributed by atoms with van der Waals surface area (Å²) in [5.41, 5.74) is -1.23. The van der Waals surface area contributed by atoms with Crippen LogP contribution < -0.4 is 15.2 Å². The number of benzene rings is 2. The van der Waals surface area contributed by atoms with Crippen LogP contribution in [0.25, 0.3) is 11.0 Å². The van der Waals surface area contributed by atoms with Gasteiger partial charge in [0.15, 0.2) is 16.1 Å². The van der Waals surface area contributed by atoms with Gasteiger partial charge in [0.1, 0.15) is 10.5 Å². The number of esters is 1. The average molecular weight is 562 g/mol. The summed E-state index contributed by atoms with van der Waals surface area (Å²) in [4.78, 5) is 62.8. The van der Waals surface area contributed by atoms with Crippen LogP contribution >= 0.6 is 22.9 Å². The molecule has 2 aliphatic heterocycles. The van der Waals surface area contributed by atoms with Gasteiger partial charge in [-0.25, -0.2) is 9.78 Å². The number of carbonyl (C=O) groups is 3. The molecule has 2 aliphatic rings. The van der Waals surface area contributed by atoms with Gasteiger partial charge < -0.3 is 14.1 Å². The highest BCUT2D eigenvalue weighted by atomic mass is 35.5. The van der Waals surface area contributed by atoms with E-state index in [0.717, 1.165) is 11.3 Å². The highest BCUT2D eigenvalue weighted by Gasteiger charge is 2.66. The molecule has 0 bridgehead atoms. The third-order valence-corrected chi connectivity index (χ3v) is 8.19. The maximum atomic E-state index is 14.5. The van der Waals surface area contributed by atoms with Gasteiger partial charge >= 0.3 is 5.97 Å². The number of nitrogens with zero attached hydrogens (tertiary/aromatic N) is 3. The summed E-state index contributed by atoms with van der Waals surface area (Å²) >= 11 is 7.11. The van der Waals surface area contributed by atoms with E-state index in [1.807, 2.05) is 0 Å². The second-order valence-corrected chi connectivity index (χ2v) is 10.4. The molecule has 1 unspecified atom stereocenters. The van der Waals surface area contributed by atoms with Crippen molar-refractivity contribution in [3.8, 4) is 0 Å². The molecular weight excluding hydrogens is 542 g/mol. The van der Waals surface area contributed by atoms with Crippen molar-refractivity contribution in [1.82, 2.24) is 4.98 Å². The normalized spacial score (nSPS) is 17.7. The lowest BCUT2D eigenvalue weighted by molar-refractivity contribution is -0.121. The van der Waals surface area contributed by atoms with Crippen LogP contribution in [0.4, 0.5) is 10.8 Å². The minimum atomic E-state index is -1.93. The third kappa shape index (κ3) is 3.28. The van der Waals surface area contributed by atoms with Crippen molar-refractivity contribution in [3.05, 3.63) is 97.8 Å². The molecule has 1 spiro atoms. The van der Waals surface area contributed by atoms with Gasteiger partial charge in [-0.05, 0) is 38.1 Å². The first-order valence-corrected chi connectivity index (χ1v) is 13.2. The molecule has 2 aromatic carbocycles. The standard InChI is InChI=1S/C28H20ClN3O6S/c1-4-12-31-18-9-7-6-8-17(18)28(26(31)36)20-21(33)16-13-15(29)10-11-19(16)38-22(20)24(34)32(28)27-30-14(3)23(39-27)25(35)37-5-2/h4,6-11,13H,1,5,12H2,2-3H3. The second kappa shape index (κ2) is 8.89. The van der Waals surface area contributed by atoms with Crippen LogP contribution in [-0.2, 0) is 15.1 Å². The zero-order valence-corrected chi connectivity index (χ0v) is 22.4. The summed E-state index contributed by atoms with van der Waals surface area (Å²) in [7, 11) is 0. The summed E-state index contributed by atoms with van der Waals surface area (Å²) in [5.74, 6) is -2.15. The first kappa shape index (κ1) is 25.0. The molecule has 1 atom stereocenters. The van der Waals surface area contributed by atoms with E-state index in [1.54, 1.807) is 50.3 Å². The molecular formula is C28H20ClN3O6S. The SMILES string of the molecule is C=CCN1C(=O)C2(c3ccccc31)c1c(oc3ccc(Cl)cc3c1=O)C(=O)N2c1nc(C)c(C(=O)OCC)s1. The van der Waals surface area contributed by atoms with E-state index >= 15 is 0 Å². The van der Waals surface area contributed by atoms with Crippen molar-refractivity contribution < 1.29 is 23.5 Å². The summed E-state index contributed by atoms with van der Waals surface area (Å²) in [6, 6.07) is 11.4. The van der Waals surface area contributed by atoms with Crippen LogP contribution in [0.3, 0.4) is 0 Å². The predicted molar refractivity (Wildman–Crippen MR) is 147 cm³/mol. The fourth-order valence-electron chi connectivity index (χ4n) is 5.31. The Morgan fingerprint density at radius 1 is 1.23 bits per heavy atom. The zero-order valence-electron chi connectivity index (χ0n) is 20.8. The Labute approximate surface area is 230 Å². The molecule has 11 heteroatoms. The van der Waals surface area contributed by atoms with Gasteiger partial charge in [-0.2, -0.15) is 0 Å². The number of anilines is 2. The minimum Gasteiger partial charge on any atom is -0.462 e. The molecule has 9 nitrogen and oxygen atoms in total. The summed E-state index contributed by atoms with van der Waals surface area (Å²) in [5, 5.41) is 0.480. The van der Waals surface area contributed by atoms with Crippen molar-refractivity contribution >= 4 is 62.5 Å². The van der Waals surface area contributed by atoms with Crippen LogP contribution in [0, 0.1) is 6.92 Å². The number of hydrogen-bond acceptors (Lipinski definition) is 8. The Bertz CT molecular complexity index is 1810. The van der Waals surface area contributed by atoms with E-state index in [-0.39, 0.29) is 45.5 Å². The van der Waals surface area contributed by atoms with E-state index in [9.17, 15) is 19.2 Å². The van der Waals surface area contributed by atoms with E-state index in [2.05, 4.69) is 11.6 Å². The maximum Gasteiger partial charge on any atom is 0.350 e. The smallest absolute Gasteiger partial charge is 0.350 e. The Balaban J connectivity index is 1.73. The molecule has 0 aliphatic carbocycles. The largest absolute Gasteiger partial charge is 0.462 e. The zero-order chi connectivity index (χ0) is 27.6.